The van der Waals surface area contributed by atoms with Gasteiger partial charge in [0, 0.05) is 24.3 Å². The smallest absolute Gasteiger partial charge is 0.232 e. The van der Waals surface area contributed by atoms with E-state index in [9.17, 15) is 9.59 Å². The zero-order valence-corrected chi connectivity index (χ0v) is 15.9. The minimum Gasteiger partial charge on any atom is -0.311 e. The Morgan fingerprint density at radius 2 is 1.84 bits per heavy atom. The molecule has 0 atom stereocenters. The zero-order valence-electron chi connectivity index (χ0n) is 15.9. The summed E-state index contributed by atoms with van der Waals surface area (Å²) in [4.78, 5) is 27.3. The molecule has 0 unspecified atom stereocenters. The van der Waals surface area contributed by atoms with Crippen LogP contribution in [0.15, 0.2) is 18.2 Å². The van der Waals surface area contributed by atoms with Gasteiger partial charge in [0.2, 0.25) is 5.91 Å². The number of amides is 1. The normalized spacial score (nSPS) is 18.3. The number of anilines is 1. The van der Waals surface area contributed by atoms with Gasteiger partial charge in [0.15, 0.2) is 0 Å². The topological polar surface area (TPSA) is 37.4 Å². The Labute approximate surface area is 151 Å². The molecular formula is C22H31NO2. The third-order valence-corrected chi connectivity index (χ3v) is 5.67. The minimum absolute atomic E-state index is 0.178. The van der Waals surface area contributed by atoms with Crippen molar-refractivity contribution in [3.05, 3.63) is 29.3 Å². The van der Waals surface area contributed by atoms with Crippen LogP contribution in [0.25, 0.3) is 0 Å². The van der Waals surface area contributed by atoms with Gasteiger partial charge in [-0.3, -0.25) is 9.59 Å². The number of para-hydroxylation sites is 1. The lowest BCUT2D eigenvalue weighted by atomic mass is 9.84. The van der Waals surface area contributed by atoms with Gasteiger partial charge in [-0.05, 0) is 36.8 Å². The lowest BCUT2D eigenvalue weighted by Gasteiger charge is -2.28. The number of rotatable bonds is 4. The van der Waals surface area contributed by atoms with E-state index in [2.05, 4.69) is 18.2 Å². The van der Waals surface area contributed by atoms with Crippen molar-refractivity contribution in [1.82, 2.24) is 0 Å². The van der Waals surface area contributed by atoms with Gasteiger partial charge in [-0.2, -0.15) is 0 Å². The van der Waals surface area contributed by atoms with Crippen LogP contribution in [-0.2, 0) is 22.4 Å². The van der Waals surface area contributed by atoms with Crippen LogP contribution in [0.2, 0.25) is 0 Å². The quantitative estimate of drug-likeness (QED) is 0.796. The van der Waals surface area contributed by atoms with Gasteiger partial charge in [-0.15, -0.1) is 0 Å². The number of Topliss-reactive ketones (excluding diaryl/α,β-unsaturated/α-hetero) is 1. The van der Waals surface area contributed by atoms with Crippen molar-refractivity contribution in [1.29, 1.82) is 0 Å². The van der Waals surface area contributed by atoms with Crippen LogP contribution >= 0.6 is 0 Å². The molecule has 0 radical (unpaired) electrons. The van der Waals surface area contributed by atoms with Crippen LogP contribution in [0, 0.1) is 11.3 Å². The van der Waals surface area contributed by atoms with Crippen molar-refractivity contribution < 1.29 is 9.59 Å². The van der Waals surface area contributed by atoms with Crippen molar-refractivity contribution >= 4 is 17.4 Å². The highest BCUT2D eigenvalue weighted by Crippen LogP contribution is 2.36. The van der Waals surface area contributed by atoms with Crippen LogP contribution in [0.4, 0.5) is 5.69 Å². The fraction of sp³-hybridized carbons (Fsp3) is 0.636. The summed E-state index contributed by atoms with van der Waals surface area (Å²) in [5.74, 6) is 0.874. The molecule has 136 valence electrons. The van der Waals surface area contributed by atoms with Crippen molar-refractivity contribution in [2.75, 3.05) is 11.4 Å². The first-order chi connectivity index (χ1) is 11.9. The van der Waals surface area contributed by atoms with E-state index in [4.69, 9.17) is 0 Å². The van der Waals surface area contributed by atoms with Crippen molar-refractivity contribution in [2.45, 2.75) is 72.1 Å². The number of benzene rings is 1. The summed E-state index contributed by atoms with van der Waals surface area (Å²) in [5, 5.41) is 0. The number of ketones is 1. The molecule has 0 aromatic heterocycles. The van der Waals surface area contributed by atoms with E-state index in [-0.39, 0.29) is 17.2 Å². The van der Waals surface area contributed by atoms with E-state index in [1.807, 2.05) is 25.7 Å². The average molecular weight is 341 g/mol. The molecule has 1 saturated carbocycles. The highest BCUT2D eigenvalue weighted by Gasteiger charge is 2.33. The molecule has 1 aliphatic carbocycles. The number of hydrogen-bond donors (Lipinski definition) is 0. The summed E-state index contributed by atoms with van der Waals surface area (Å²) in [6, 6.07) is 6.29. The first-order valence-electron chi connectivity index (χ1n) is 9.83. The number of fused-ring (bicyclic) bond motifs is 1. The highest BCUT2D eigenvalue weighted by molar-refractivity contribution is 5.99. The molecule has 0 spiro atoms. The number of carbonyl (C=O) groups is 2. The summed E-state index contributed by atoms with van der Waals surface area (Å²) in [5.41, 5.74) is 3.11. The lowest BCUT2D eigenvalue weighted by Crippen LogP contribution is -2.38. The maximum Gasteiger partial charge on any atom is 0.232 e. The van der Waals surface area contributed by atoms with Gasteiger partial charge in [0.1, 0.15) is 5.78 Å². The monoisotopic (exact) mass is 341 g/mol. The molecule has 0 saturated heterocycles. The molecule has 1 amide bonds. The lowest BCUT2D eigenvalue weighted by molar-refractivity contribution is -0.125. The van der Waals surface area contributed by atoms with E-state index in [0.717, 1.165) is 43.5 Å². The van der Waals surface area contributed by atoms with Gasteiger partial charge in [-0.25, -0.2) is 0 Å². The predicted octanol–water partition coefficient (Wildman–Crippen LogP) is 4.70. The van der Waals surface area contributed by atoms with Gasteiger partial charge in [-0.1, -0.05) is 58.2 Å². The van der Waals surface area contributed by atoms with Crippen LogP contribution in [-0.4, -0.2) is 18.2 Å². The number of carbonyl (C=O) groups excluding carboxylic acids is 2. The summed E-state index contributed by atoms with van der Waals surface area (Å²) in [6.45, 7) is 6.69. The Morgan fingerprint density at radius 3 is 2.52 bits per heavy atom. The predicted molar refractivity (Wildman–Crippen MR) is 102 cm³/mol. The van der Waals surface area contributed by atoms with Crippen molar-refractivity contribution in [3.63, 3.8) is 0 Å². The molecule has 25 heavy (non-hydrogen) atoms. The molecule has 3 heteroatoms. The fourth-order valence-corrected chi connectivity index (χ4v) is 4.23. The summed E-state index contributed by atoms with van der Waals surface area (Å²) >= 11 is 0. The molecule has 1 fully saturated rings. The second-order valence-corrected chi connectivity index (χ2v) is 8.68. The Morgan fingerprint density at radius 1 is 1.12 bits per heavy atom. The van der Waals surface area contributed by atoms with Gasteiger partial charge in [0.25, 0.3) is 0 Å². The fourth-order valence-electron chi connectivity index (χ4n) is 4.23. The molecule has 3 rings (SSSR count). The number of aryl methyl sites for hydroxylation is 1. The summed E-state index contributed by atoms with van der Waals surface area (Å²) < 4.78 is 0. The van der Waals surface area contributed by atoms with Crippen molar-refractivity contribution in [3.8, 4) is 0 Å². The largest absolute Gasteiger partial charge is 0.311 e. The Hall–Kier alpha value is -1.64. The van der Waals surface area contributed by atoms with E-state index >= 15 is 0 Å². The van der Waals surface area contributed by atoms with Crippen LogP contribution < -0.4 is 4.90 Å². The standard InChI is InChI=1S/C22H31NO2/c1-22(2,3)21(25)23-15-14-18-11-7-10-17(20(18)23)12-13-19(24)16-8-5-4-6-9-16/h7,10-11,16H,4-6,8-9,12-15H2,1-3H3. The second kappa shape index (κ2) is 7.31. The van der Waals surface area contributed by atoms with E-state index in [1.54, 1.807) is 0 Å². The summed E-state index contributed by atoms with van der Waals surface area (Å²) in [6.07, 6.45) is 8.10. The molecule has 1 aliphatic heterocycles. The Kier molecular flexibility index (Phi) is 5.31. The molecule has 0 bridgehead atoms. The molecular weight excluding hydrogens is 310 g/mol. The number of nitrogens with zero attached hydrogens (tertiary/aromatic N) is 1. The third-order valence-electron chi connectivity index (χ3n) is 5.67. The van der Waals surface area contributed by atoms with E-state index in [1.165, 1.54) is 24.8 Å². The molecule has 2 aliphatic rings. The van der Waals surface area contributed by atoms with E-state index < -0.39 is 0 Å². The Bertz CT molecular complexity index is 650. The molecule has 1 aromatic rings. The first kappa shape index (κ1) is 18.2. The van der Waals surface area contributed by atoms with E-state index in [0.29, 0.717) is 12.2 Å². The summed E-state index contributed by atoms with van der Waals surface area (Å²) in [7, 11) is 0. The maximum atomic E-state index is 12.8. The highest BCUT2D eigenvalue weighted by atomic mass is 16.2. The van der Waals surface area contributed by atoms with Gasteiger partial charge >= 0.3 is 0 Å². The second-order valence-electron chi connectivity index (χ2n) is 8.68. The van der Waals surface area contributed by atoms with Gasteiger partial charge in [0.05, 0.1) is 5.69 Å². The third kappa shape index (κ3) is 3.96. The van der Waals surface area contributed by atoms with Crippen LogP contribution in [0.1, 0.15) is 70.4 Å². The molecule has 0 N–H and O–H groups in total. The van der Waals surface area contributed by atoms with Crippen LogP contribution in [0.3, 0.4) is 0 Å². The van der Waals surface area contributed by atoms with Gasteiger partial charge < -0.3 is 4.90 Å². The SMILES string of the molecule is CC(C)(C)C(=O)N1CCc2cccc(CCC(=O)C3CCCCC3)c21. The molecule has 1 aromatic carbocycles. The average Bonchev–Trinajstić information content (AvgIpc) is 3.03. The zero-order chi connectivity index (χ0) is 18.0. The molecule has 1 heterocycles. The molecule has 3 nitrogen and oxygen atoms in total. The van der Waals surface area contributed by atoms with Crippen LogP contribution in [0.5, 0.6) is 0 Å². The maximum absolute atomic E-state index is 12.8. The Balaban J connectivity index is 1.74. The van der Waals surface area contributed by atoms with Crippen molar-refractivity contribution in [2.24, 2.45) is 11.3 Å². The first-order valence-corrected chi connectivity index (χ1v) is 9.83. The minimum atomic E-state index is -0.382. The number of hydrogen-bond acceptors (Lipinski definition) is 2.